The van der Waals surface area contributed by atoms with Gasteiger partial charge in [0.2, 0.25) is 11.8 Å². The fraction of sp³-hybridized carbons (Fsp3) is 0.429. The number of amides is 2. The van der Waals surface area contributed by atoms with Crippen LogP contribution in [0.25, 0.3) is 6.08 Å². The van der Waals surface area contributed by atoms with Crippen LogP contribution in [0.5, 0.6) is 5.75 Å². The Balaban J connectivity index is 1.34. The molecule has 0 atom stereocenters. The number of hydrogen-bond donors (Lipinski definition) is 1. The maximum absolute atomic E-state index is 12.6. The number of nitrogens with one attached hydrogen (secondary N) is 1. The lowest BCUT2D eigenvalue weighted by molar-refractivity contribution is -0.126. The fourth-order valence-corrected chi connectivity index (χ4v) is 3.38. The predicted octanol–water partition coefficient (Wildman–Crippen LogP) is 1.41. The summed E-state index contributed by atoms with van der Waals surface area (Å²) in [6.45, 7) is 2.19. The van der Waals surface area contributed by atoms with E-state index in [1.807, 2.05) is 39.8 Å². The largest absolute Gasteiger partial charge is 0.497 e. The highest BCUT2D eigenvalue weighted by Crippen LogP contribution is 2.28. The van der Waals surface area contributed by atoms with E-state index in [0.29, 0.717) is 32.6 Å². The Morgan fingerprint density at radius 3 is 2.69 bits per heavy atom. The van der Waals surface area contributed by atoms with E-state index in [4.69, 9.17) is 4.74 Å². The summed E-state index contributed by atoms with van der Waals surface area (Å²) in [5, 5.41) is 11.4. The molecule has 2 aromatic rings. The van der Waals surface area contributed by atoms with Crippen molar-refractivity contribution in [1.82, 2.24) is 25.0 Å². The summed E-state index contributed by atoms with van der Waals surface area (Å²) in [6, 6.07) is 7.56. The number of ether oxygens (including phenoxy) is 1. The quantitative estimate of drug-likeness (QED) is 0.747. The molecule has 29 heavy (non-hydrogen) atoms. The fourth-order valence-electron chi connectivity index (χ4n) is 3.38. The lowest BCUT2D eigenvalue weighted by Crippen LogP contribution is -2.32. The molecule has 2 heterocycles. The number of hydrogen-bond acceptors (Lipinski definition) is 5. The first-order chi connectivity index (χ1) is 14.1. The summed E-state index contributed by atoms with van der Waals surface area (Å²) < 4.78 is 7.17. The summed E-state index contributed by atoms with van der Waals surface area (Å²) in [5.41, 5.74) is 0.944. The van der Waals surface area contributed by atoms with Crippen molar-refractivity contribution in [2.24, 2.45) is 5.92 Å². The molecule has 1 aliphatic carbocycles. The molecule has 0 saturated heterocycles. The Bertz CT molecular complexity index is 915. The zero-order valence-corrected chi connectivity index (χ0v) is 16.5. The molecule has 4 rings (SSSR count). The minimum Gasteiger partial charge on any atom is -0.497 e. The van der Waals surface area contributed by atoms with Crippen LogP contribution in [0.15, 0.2) is 30.3 Å². The Kier molecular flexibility index (Phi) is 5.59. The standard InChI is InChI=1S/C21H25N5O3/c1-29-17-7-2-15(3-8-17)4-9-20(27)25-11-10-18-23-24-19(26(18)13-12-25)14-22-21(28)16-5-6-16/h2-4,7-9,16H,5-6,10-14H2,1H3,(H,22,28)/b9-4+. The van der Waals surface area contributed by atoms with Gasteiger partial charge in [-0.2, -0.15) is 0 Å². The normalized spacial score (nSPS) is 16.4. The van der Waals surface area contributed by atoms with Gasteiger partial charge in [-0.25, -0.2) is 0 Å². The zero-order valence-electron chi connectivity index (χ0n) is 16.5. The highest BCUT2D eigenvalue weighted by atomic mass is 16.5. The van der Waals surface area contributed by atoms with Crippen LogP contribution in [-0.2, 0) is 29.1 Å². The molecule has 1 N–H and O–H groups in total. The molecule has 8 heteroatoms. The Morgan fingerprint density at radius 2 is 1.97 bits per heavy atom. The smallest absolute Gasteiger partial charge is 0.246 e. The third kappa shape index (κ3) is 4.64. The molecule has 152 valence electrons. The summed E-state index contributed by atoms with van der Waals surface area (Å²) >= 11 is 0. The van der Waals surface area contributed by atoms with E-state index in [0.717, 1.165) is 35.8 Å². The van der Waals surface area contributed by atoms with Gasteiger partial charge in [0.1, 0.15) is 11.6 Å². The molecule has 2 aliphatic rings. The topological polar surface area (TPSA) is 89.3 Å². The van der Waals surface area contributed by atoms with E-state index in [1.54, 1.807) is 13.2 Å². The second-order valence-electron chi connectivity index (χ2n) is 7.36. The molecule has 0 bridgehead atoms. The van der Waals surface area contributed by atoms with Crippen LogP contribution in [0.3, 0.4) is 0 Å². The number of methoxy groups -OCH3 is 1. The van der Waals surface area contributed by atoms with Crippen LogP contribution in [-0.4, -0.2) is 51.7 Å². The van der Waals surface area contributed by atoms with Crippen molar-refractivity contribution < 1.29 is 14.3 Å². The molecule has 2 amide bonds. The molecular formula is C21H25N5O3. The maximum Gasteiger partial charge on any atom is 0.246 e. The van der Waals surface area contributed by atoms with E-state index >= 15 is 0 Å². The number of fused-ring (bicyclic) bond motifs is 1. The molecule has 1 fully saturated rings. The van der Waals surface area contributed by atoms with Gasteiger partial charge in [0.05, 0.1) is 13.7 Å². The van der Waals surface area contributed by atoms with Crippen molar-refractivity contribution in [3.63, 3.8) is 0 Å². The Labute approximate surface area is 169 Å². The molecule has 8 nitrogen and oxygen atoms in total. The minimum atomic E-state index is -0.0249. The van der Waals surface area contributed by atoms with E-state index in [2.05, 4.69) is 15.5 Å². The summed E-state index contributed by atoms with van der Waals surface area (Å²) in [7, 11) is 1.63. The monoisotopic (exact) mass is 395 g/mol. The lowest BCUT2D eigenvalue weighted by Gasteiger charge is -2.18. The van der Waals surface area contributed by atoms with Gasteiger partial charge in [0.15, 0.2) is 5.82 Å². The number of rotatable bonds is 6. The number of nitrogens with zero attached hydrogens (tertiary/aromatic N) is 4. The second-order valence-corrected chi connectivity index (χ2v) is 7.36. The SMILES string of the molecule is COc1ccc(/C=C/C(=O)N2CCc3nnc(CNC(=O)C4CC4)n3CC2)cc1. The molecule has 0 unspecified atom stereocenters. The van der Waals surface area contributed by atoms with E-state index in [9.17, 15) is 9.59 Å². The molecule has 0 radical (unpaired) electrons. The first kappa shape index (κ1) is 19.2. The van der Waals surface area contributed by atoms with Crippen molar-refractivity contribution in [2.45, 2.75) is 32.4 Å². The van der Waals surface area contributed by atoms with Crippen molar-refractivity contribution in [1.29, 1.82) is 0 Å². The number of benzene rings is 1. The van der Waals surface area contributed by atoms with E-state index in [-0.39, 0.29) is 17.7 Å². The zero-order chi connectivity index (χ0) is 20.2. The van der Waals surface area contributed by atoms with Crippen molar-refractivity contribution in [3.05, 3.63) is 47.6 Å². The minimum absolute atomic E-state index is 0.0249. The van der Waals surface area contributed by atoms with Crippen LogP contribution in [0.4, 0.5) is 0 Å². The third-order valence-corrected chi connectivity index (χ3v) is 5.32. The van der Waals surface area contributed by atoms with Gasteiger partial charge in [0.25, 0.3) is 0 Å². The Morgan fingerprint density at radius 1 is 1.17 bits per heavy atom. The van der Waals surface area contributed by atoms with Crippen molar-refractivity contribution in [3.8, 4) is 5.75 Å². The predicted molar refractivity (Wildman–Crippen MR) is 107 cm³/mol. The molecule has 1 aromatic heterocycles. The summed E-state index contributed by atoms with van der Waals surface area (Å²) in [5.74, 6) is 2.63. The van der Waals surface area contributed by atoms with Crippen LogP contribution in [0.1, 0.15) is 30.1 Å². The molecule has 1 aromatic carbocycles. The average Bonchev–Trinajstić information content (AvgIpc) is 3.56. The Hall–Kier alpha value is -3.16. The van der Waals surface area contributed by atoms with Gasteiger partial charge in [-0.1, -0.05) is 12.1 Å². The molecule has 0 spiro atoms. The number of carbonyl (C=O) groups is 2. The molecule has 1 saturated carbocycles. The second kappa shape index (κ2) is 8.46. The van der Waals surface area contributed by atoms with Gasteiger partial charge >= 0.3 is 0 Å². The maximum atomic E-state index is 12.6. The van der Waals surface area contributed by atoms with Crippen molar-refractivity contribution in [2.75, 3.05) is 20.2 Å². The first-order valence-electron chi connectivity index (χ1n) is 9.94. The summed E-state index contributed by atoms with van der Waals surface area (Å²) in [6.07, 6.45) is 6.01. The molecule has 1 aliphatic heterocycles. The third-order valence-electron chi connectivity index (χ3n) is 5.32. The van der Waals surface area contributed by atoms with Gasteiger partial charge in [-0.05, 0) is 36.6 Å². The van der Waals surface area contributed by atoms with Gasteiger partial charge in [-0.15, -0.1) is 10.2 Å². The molecular weight excluding hydrogens is 370 g/mol. The first-order valence-corrected chi connectivity index (χ1v) is 9.94. The highest BCUT2D eigenvalue weighted by Gasteiger charge is 2.29. The van der Waals surface area contributed by atoms with Crippen LogP contribution in [0.2, 0.25) is 0 Å². The summed E-state index contributed by atoms with van der Waals surface area (Å²) in [4.78, 5) is 26.3. The van der Waals surface area contributed by atoms with Crippen LogP contribution in [0, 0.1) is 5.92 Å². The van der Waals surface area contributed by atoms with Crippen LogP contribution >= 0.6 is 0 Å². The van der Waals surface area contributed by atoms with E-state index < -0.39 is 0 Å². The van der Waals surface area contributed by atoms with Gasteiger partial charge in [-0.3, -0.25) is 9.59 Å². The van der Waals surface area contributed by atoms with E-state index in [1.165, 1.54) is 0 Å². The van der Waals surface area contributed by atoms with Gasteiger partial charge < -0.3 is 19.5 Å². The lowest BCUT2D eigenvalue weighted by atomic mass is 10.2. The van der Waals surface area contributed by atoms with Gasteiger partial charge in [0, 0.05) is 38.0 Å². The number of carbonyl (C=O) groups excluding carboxylic acids is 2. The average molecular weight is 395 g/mol. The highest BCUT2D eigenvalue weighted by molar-refractivity contribution is 5.91. The van der Waals surface area contributed by atoms with Crippen molar-refractivity contribution >= 4 is 17.9 Å². The number of aromatic nitrogens is 3. The van der Waals surface area contributed by atoms with Crippen LogP contribution < -0.4 is 10.1 Å².